The molecule has 0 saturated heterocycles. The Kier molecular flexibility index (Phi) is 5.50. The van der Waals surface area contributed by atoms with Crippen LogP contribution in [0.4, 0.5) is 0 Å². The molecule has 0 radical (unpaired) electrons. The zero-order valence-electron chi connectivity index (χ0n) is 15.2. The van der Waals surface area contributed by atoms with E-state index in [-0.39, 0.29) is 5.41 Å². The maximum atomic E-state index is 2.45. The van der Waals surface area contributed by atoms with Crippen LogP contribution in [0.25, 0.3) is 5.57 Å². The summed E-state index contributed by atoms with van der Waals surface area (Å²) >= 11 is 0. The molecular weight excluding hydrogens is 300 g/mol. The Morgan fingerprint density at radius 1 is 0.680 bits per heavy atom. The molecular formula is C25H26. The van der Waals surface area contributed by atoms with Gasteiger partial charge in [0.25, 0.3) is 0 Å². The van der Waals surface area contributed by atoms with Crippen molar-refractivity contribution in [1.29, 1.82) is 0 Å². The Morgan fingerprint density at radius 3 is 1.60 bits per heavy atom. The molecule has 0 saturated carbocycles. The van der Waals surface area contributed by atoms with E-state index in [9.17, 15) is 0 Å². The lowest BCUT2D eigenvalue weighted by atomic mass is 9.82. The lowest BCUT2D eigenvalue weighted by molar-refractivity contribution is 0.439. The topological polar surface area (TPSA) is 0 Å². The summed E-state index contributed by atoms with van der Waals surface area (Å²) in [5.41, 5.74) is 5.41. The summed E-state index contributed by atoms with van der Waals surface area (Å²) in [5, 5.41) is 0. The van der Waals surface area contributed by atoms with E-state index >= 15 is 0 Å². The van der Waals surface area contributed by atoms with Gasteiger partial charge in [-0.25, -0.2) is 0 Å². The second-order valence-corrected chi connectivity index (χ2v) is 7.26. The van der Waals surface area contributed by atoms with E-state index in [4.69, 9.17) is 0 Å². The largest absolute Gasteiger partial charge is 0.0704 e. The van der Waals surface area contributed by atoms with Gasteiger partial charge in [-0.3, -0.25) is 0 Å². The van der Waals surface area contributed by atoms with Crippen LogP contribution in [-0.4, -0.2) is 0 Å². The van der Waals surface area contributed by atoms with Crippen LogP contribution >= 0.6 is 0 Å². The highest BCUT2D eigenvalue weighted by Gasteiger charge is 2.17. The van der Waals surface area contributed by atoms with Crippen molar-refractivity contribution in [2.45, 2.75) is 26.7 Å². The van der Waals surface area contributed by atoms with Gasteiger partial charge in [-0.05, 0) is 40.5 Å². The average molecular weight is 326 g/mol. The fourth-order valence-corrected chi connectivity index (χ4v) is 3.14. The Labute approximate surface area is 151 Å². The van der Waals surface area contributed by atoms with E-state index in [0.29, 0.717) is 0 Å². The standard InChI is InChI=1S/C25H26/c1-25(2,19-18-21-12-6-3-7-13-21)20-24(22-14-8-4-9-15-22)23-16-10-5-11-17-23/h3-17,20H,18-19H2,1-2H3. The van der Waals surface area contributed by atoms with E-state index in [1.807, 2.05) is 0 Å². The summed E-state index contributed by atoms with van der Waals surface area (Å²) < 4.78 is 0. The molecule has 3 rings (SSSR count). The normalized spacial score (nSPS) is 11.1. The average Bonchev–Trinajstić information content (AvgIpc) is 2.67. The molecule has 126 valence electrons. The van der Waals surface area contributed by atoms with Crippen LogP contribution in [0.5, 0.6) is 0 Å². The Balaban J connectivity index is 1.89. The van der Waals surface area contributed by atoms with Crippen molar-refractivity contribution >= 4 is 5.57 Å². The van der Waals surface area contributed by atoms with Crippen molar-refractivity contribution < 1.29 is 0 Å². The van der Waals surface area contributed by atoms with Gasteiger partial charge in [-0.1, -0.05) is 111 Å². The van der Waals surface area contributed by atoms with Crippen LogP contribution in [0.1, 0.15) is 37.0 Å². The van der Waals surface area contributed by atoms with Crippen LogP contribution in [0.2, 0.25) is 0 Å². The first-order valence-corrected chi connectivity index (χ1v) is 9.02. The first-order valence-electron chi connectivity index (χ1n) is 9.02. The van der Waals surface area contributed by atoms with E-state index in [2.05, 4.69) is 111 Å². The molecule has 3 aromatic carbocycles. The van der Waals surface area contributed by atoms with Gasteiger partial charge >= 0.3 is 0 Å². The zero-order valence-corrected chi connectivity index (χ0v) is 15.2. The summed E-state index contributed by atoms with van der Waals surface area (Å²) in [6, 6.07) is 32.2. The minimum Gasteiger partial charge on any atom is -0.0704 e. The lowest BCUT2D eigenvalue weighted by Crippen LogP contribution is -2.10. The Hall–Kier alpha value is -2.60. The van der Waals surface area contributed by atoms with E-state index in [1.165, 1.54) is 22.3 Å². The fraction of sp³-hybridized carbons (Fsp3) is 0.200. The molecule has 0 fully saturated rings. The smallest absolute Gasteiger partial charge is 0.0146 e. The third-order valence-corrected chi connectivity index (χ3v) is 4.61. The first kappa shape index (κ1) is 17.2. The van der Waals surface area contributed by atoms with Crippen LogP contribution in [0.15, 0.2) is 97.1 Å². The molecule has 25 heavy (non-hydrogen) atoms. The Morgan fingerprint density at radius 2 is 1.12 bits per heavy atom. The Bertz CT molecular complexity index is 755. The number of benzene rings is 3. The van der Waals surface area contributed by atoms with Gasteiger partial charge < -0.3 is 0 Å². The van der Waals surface area contributed by atoms with Crippen molar-refractivity contribution in [3.63, 3.8) is 0 Å². The van der Waals surface area contributed by atoms with Crippen molar-refractivity contribution in [1.82, 2.24) is 0 Å². The highest BCUT2D eigenvalue weighted by molar-refractivity contribution is 5.80. The molecule has 0 heteroatoms. The quantitative estimate of drug-likeness (QED) is 0.468. The number of rotatable bonds is 6. The second-order valence-electron chi connectivity index (χ2n) is 7.26. The molecule has 0 amide bonds. The highest BCUT2D eigenvalue weighted by atomic mass is 14.2. The summed E-state index contributed by atoms with van der Waals surface area (Å²) in [4.78, 5) is 0. The second kappa shape index (κ2) is 7.98. The SMILES string of the molecule is CC(C)(C=C(c1ccccc1)c1ccccc1)CCc1ccccc1. The molecule has 0 aliphatic carbocycles. The maximum Gasteiger partial charge on any atom is -0.0146 e. The molecule has 0 aliphatic heterocycles. The highest BCUT2D eigenvalue weighted by Crippen LogP contribution is 2.32. The monoisotopic (exact) mass is 326 g/mol. The van der Waals surface area contributed by atoms with Crippen molar-refractivity contribution in [3.8, 4) is 0 Å². The van der Waals surface area contributed by atoms with Crippen LogP contribution < -0.4 is 0 Å². The van der Waals surface area contributed by atoms with Gasteiger partial charge in [-0.15, -0.1) is 0 Å². The third kappa shape index (κ3) is 4.93. The summed E-state index contributed by atoms with van der Waals surface area (Å²) in [7, 11) is 0. The number of aryl methyl sites for hydroxylation is 1. The molecule has 0 bridgehead atoms. The lowest BCUT2D eigenvalue weighted by Gasteiger charge is -2.23. The number of hydrogen-bond acceptors (Lipinski definition) is 0. The van der Waals surface area contributed by atoms with Gasteiger partial charge in [0, 0.05) is 0 Å². The molecule has 0 atom stereocenters. The minimum absolute atomic E-state index is 0.122. The third-order valence-electron chi connectivity index (χ3n) is 4.61. The minimum atomic E-state index is 0.122. The van der Waals surface area contributed by atoms with Gasteiger partial charge in [0.15, 0.2) is 0 Å². The molecule has 0 unspecified atom stereocenters. The molecule has 0 aromatic heterocycles. The number of hydrogen-bond donors (Lipinski definition) is 0. The van der Waals surface area contributed by atoms with E-state index in [0.717, 1.165) is 12.8 Å². The first-order chi connectivity index (χ1) is 12.1. The van der Waals surface area contributed by atoms with Gasteiger partial charge in [-0.2, -0.15) is 0 Å². The van der Waals surface area contributed by atoms with Crippen LogP contribution in [-0.2, 0) is 6.42 Å². The van der Waals surface area contributed by atoms with E-state index < -0.39 is 0 Å². The summed E-state index contributed by atoms with van der Waals surface area (Å²) in [6.45, 7) is 4.67. The van der Waals surface area contributed by atoms with Gasteiger partial charge in [0.1, 0.15) is 0 Å². The van der Waals surface area contributed by atoms with Gasteiger partial charge in [0.05, 0.1) is 0 Å². The van der Waals surface area contributed by atoms with Crippen molar-refractivity contribution in [2.75, 3.05) is 0 Å². The molecule has 3 aromatic rings. The van der Waals surface area contributed by atoms with Crippen molar-refractivity contribution in [2.24, 2.45) is 5.41 Å². The maximum absolute atomic E-state index is 2.45. The molecule has 0 N–H and O–H groups in total. The molecule has 0 aliphatic rings. The summed E-state index contributed by atoms with van der Waals surface area (Å²) in [5.74, 6) is 0. The van der Waals surface area contributed by atoms with Crippen LogP contribution in [0, 0.1) is 5.41 Å². The fourth-order valence-electron chi connectivity index (χ4n) is 3.14. The zero-order chi connectivity index (χ0) is 17.5. The number of allylic oxidation sites excluding steroid dienone is 1. The van der Waals surface area contributed by atoms with E-state index in [1.54, 1.807) is 0 Å². The van der Waals surface area contributed by atoms with Crippen LogP contribution in [0.3, 0.4) is 0 Å². The summed E-state index contributed by atoms with van der Waals surface area (Å²) in [6.07, 6.45) is 4.67. The molecule has 0 nitrogen and oxygen atoms in total. The predicted molar refractivity (Wildman–Crippen MR) is 109 cm³/mol. The predicted octanol–water partition coefficient (Wildman–Crippen LogP) is 6.78. The molecule has 0 heterocycles. The molecule has 0 spiro atoms. The van der Waals surface area contributed by atoms with Crippen molar-refractivity contribution in [3.05, 3.63) is 114 Å². The van der Waals surface area contributed by atoms with Gasteiger partial charge in [0.2, 0.25) is 0 Å².